The summed E-state index contributed by atoms with van der Waals surface area (Å²) in [5.41, 5.74) is 2.30. The Labute approximate surface area is 126 Å². The van der Waals surface area contributed by atoms with Gasteiger partial charge in [-0.3, -0.25) is 4.98 Å². The summed E-state index contributed by atoms with van der Waals surface area (Å²) in [7, 11) is 0. The number of hydrogen-bond acceptors (Lipinski definition) is 3. The highest BCUT2D eigenvalue weighted by molar-refractivity contribution is 5.39. The van der Waals surface area contributed by atoms with E-state index in [9.17, 15) is 0 Å². The molecule has 0 amide bonds. The molecule has 2 aromatic rings. The minimum Gasteiger partial charge on any atom is -0.487 e. The Morgan fingerprint density at radius 3 is 2.81 bits per heavy atom. The standard InChI is InChI=1S/C18H22N2O/c1-13(14-7-6-10-19-12-14)20-16-11-18(2,3)21-17-9-5-4-8-15(16)17/h4-10,12-13,16,20H,11H2,1-3H3. The largest absolute Gasteiger partial charge is 0.487 e. The predicted molar refractivity (Wildman–Crippen MR) is 84.3 cm³/mol. The second kappa shape index (κ2) is 5.49. The highest BCUT2D eigenvalue weighted by Gasteiger charge is 2.34. The number of pyridine rings is 1. The van der Waals surface area contributed by atoms with Gasteiger partial charge >= 0.3 is 0 Å². The first kappa shape index (κ1) is 14.1. The van der Waals surface area contributed by atoms with Gasteiger partial charge in [-0.05, 0) is 38.5 Å². The van der Waals surface area contributed by atoms with Crippen LogP contribution >= 0.6 is 0 Å². The minimum absolute atomic E-state index is 0.152. The number of nitrogens with one attached hydrogen (secondary N) is 1. The van der Waals surface area contributed by atoms with E-state index in [1.54, 1.807) is 0 Å². The number of ether oxygens (including phenoxy) is 1. The van der Waals surface area contributed by atoms with E-state index in [-0.39, 0.29) is 11.6 Å². The Hall–Kier alpha value is -1.87. The fourth-order valence-electron chi connectivity index (χ4n) is 2.98. The zero-order valence-electron chi connectivity index (χ0n) is 12.8. The van der Waals surface area contributed by atoms with Crippen LogP contribution in [-0.4, -0.2) is 10.6 Å². The Morgan fingerprint density at radius 1 is 1.24 bits per heavy atom. The molecule has 1 aliphatic heterocycles. The molecule has 0 aliphatic carbocycles. The van der Waals surface area contributed by atoms with Gasteiger partial charge in [-0.2, -0.15) is 0 Å². The third-order valence-corrected chi connectivity index (χ3v) is 4.01. The van der Waals surface area contributed by atoms with Crippen LogP contribution in [-0.2, 0) is 0 Å². The number of para-hydroxylation sites is 1. The van der Waals surface area contributed by atoms with E-state index in [1.807, 2.05) is 24.5 Å². The molecule has 1 aromatic heterocycles. The van der Waals surface area contributed by atoms with Crippen molar-refractivity contribution < 1.29 is 4.74 Å². The van der Waals surface area contributed by atoms with Crippen LogP contribution in [0.3, 0.4) is 0 Å². The maximum Gasteiger partial charge on any atom is 0.124 e. The maximum absolute atomic E-state index is 6.08. The quantitative estimate of drug-likeness (QED) is 0.922. The summed E-state index contributed by atoms with van der Waals surface area (Å²) in [6.07, 6.45) is 4.69. The van der Waals surface area contributed by atoms with Crippen molar-refractivity contribution in [1.82, 2.24) is 10.3 Å². The third-order valence-electron chi connectivity index (χ3n) is 4.01. The van der Waals surface area contributed by atoms with E-state index >= 15 is 0 Å². The van der Waals surface area contributed by atoms with Gasteiger partial charge in [0, 0.05) is 36.5 Å². The molecule has 21 heavy (non-hydrogen) atoms. The lowest BCUT2D eigenvalue weighted by molar-refractivity contribution is 0.0640. The first-order valence-electron chi connectivity index (χ1n) is 7.49. The van der Waals surface area contributed by atoms with Crippen LogP contribution in [0, 0.1) is 0 Å². The van der Waals surface area contributed by atoms with Gasteiger partial charge in [0.25, 0.3) is 0 Å². The van der Waals surface area contributed by atoms with Crippen molar-refractivity contribution in [2.24, 2.45) is 0 Å². The Balaban J connectivity index is 1.85. The van der Waals surface area contributed by atoms with Crippen molar-refractivity contribution in [2.75, 3.05) is 0 Å². The lowest BCUT2D eigenvalue weighted by Gasteiger charge is -2.39. The van der Waals surface area contributed by atoms with Gasteiger partial charge in [-0.15, -0.1) is 0 Å². The summed E-state index contributed by atoms with van der Waals surface area (Å²) in [5, 5.41) is 3.73. The molecular formula is C18H22N2O. The number of fused-ring (bicyclic) bond motifs is 1. The first-order valence-corrected chi connectivity index (χ1v) is 7.49. The van der Waals surface area contributed by atoms with E-state index in [2.05, 4.69) is 55.3 Å². The van der Waals surface area contributed by atoms with E-state index in [0.29, 0.717) is 6.04 Å². The molecule has 0 saturated carbocycles. The Bertz CT molecular complexity index is 610. The van der Waals surface area contributed by atoms with Crippen molar-refractivity contribution in [3.63, 3.8) is 0 Å². The lowest BCUT2D eigenvalue weighted by Crippen LogP contribution is -2.40. The SMILES string of the molecule is CC(NC1CC(C)(C)Oc2ccccc21)c1cccnc1. The average Bonchev–Trinajstić information content (AvgIpc) is 2.47. The topological polar surface area (TPSA) is 34.1 Å². The normalized spacial score (nSPS) is 21.2. The van der Waals surface area contributed by atoms with Crippen molar-refractivity contribution in [3.8, 4) is 5.75 Å². The van der Waals surface area contributed by atoms with Crippen LogP contribution in [0.1, 0.15) is 50.4 Å². The van der Waals surface area contributed by atoms with Crippen LogP contribution in [0.5, 0.6) is 5.75 Å². The number of hydrogen-bond donors (Lipinski definition) is 1. The van der Waals surface area contributed by atoms with Gasteiger partial charge < -0.3 is 10.1 Å². The Morgan fingerprint density at radius 2 is 2.05 bits per heavy atom. The molecule has 3 nitrogen and oxygen atoms in total. The third kappa shape index (κ3) is 3.08. The summed E-state index contributed by atoms with van der Waals surface area (Å²) < 4.78 is 6.08. The molecule has 3 rings (SSSR count). The average molecular weight is 282 g/mol. The van der Waals surface area contributed by atoms with Crippen molar-refractivity contribution in [3.05, 3.63) is 59.9 Å². The highest BCUT2D eigenvalue weighted by Crippen LogP contribution is 2.40. The number of benzene rings is 1. The van der Waals surface area contributed by atoms with Crippen LogP contribution in [0.25, 0.3) is 0 Å². The van der Waals surface area contributed by atoms with E-state index < -0.39 is 0 Å². The van der Waals surface area contributed by atoms with Crippen LogP contribution in [0.4, 0.5) is 0 Å². The summed E-state index contributed by atoms with van der Waals surface area (Å²) >= 11 is 0. The zero-order valence-corrected chi connectivity index (χ0v) is 12.8. The van der Waals surface area contributed by atoms with Crippen LogP contribution in [0.2, 0.25) is 0 Å². The lowest BCUT2D eigenvalue weighted by atomic mass is 9.89. The molecule has 1 aliphatic rings. The number of aromatic nitrogens is 1. The molecule has 3 heteroatoms. The summed E-state index contributed by atoms with van der Waals surface area (Å²) in [4.78, 5) is 4.21. The van der Waals surface area contributed by atoms with E-state index in [1.165, 1.54) is 11.1 Å². The van der Waals surface area contributed by atoms with Crippen LogP contribution < -0.4 is 10.1 Å². The Kier molecular flexibility index (Phi) is 3.68. The fraction of sp³-hybridized carbons (Fsp3) is 0.389. The molecule has 0 spiro atoms. The van der Waals surface area contributed by atoms with Crippen molar-refractivity contribution in [2.45, 2.75) is 44.9 Å². The van der Waals surface area contributed by atoms with E-state index in [4.69, 9.17) is 4.74 Å². The molecule has 110 valence electrons. The second-order valence-corrected chi connectivity index (χ2v) is 6.33. The molecular weight excluding hydrogens is 260 g/mol. The highest BCUT2D eigenvalue weighted by atomic mass is 16.5. The summed E-state index contributed by atoms with van der Waals surface area (Å²) in [5.74, 6) is 0.990. The predicted octanol–water partition coefficient (Wildman–Crippen LogP) is 4.03. The van der Waals surface area contributed by atoms with Gasteiger partial charge in [0.05, 0.1) is 0 Å². The number of rotatable bonds is 3. The van der Waals surface area contributed by atoms with Gasteiger partial charge in [0.15, 0.2) is 0 Å². The zero-order chi connectivity index (χ0) is 14.9. The number of nitrogens with zero attached hydrogens (tertiary/aromatic N) is 1. The minimum atomic E-state index is -0.152. The molecule has 0 saturated heterocycles. The van der Waals surface area contributed by atoms with Crippen LogP contribution in [0.15, 0.2) is 48.8 Å². The maximum atomic E-state index is 6.08. The van der Waals surface area contributed by atoms with E-state index in [0.717, 1.165) is 12.2 Å². The molecule has 2 unspecified atom stereocenters. The molecule has 0 bridgehead atoms. The van der Waals surface area contributed by atoms with Crippen molar-refractivity contribution >= 4 is 0 Å². The molecule has 2 heterocycles. The fourth-order valence-corrected chi connectivity index (χ4v) is 2.98. The molecule has 0 radical (unpaired) electrons. The molecule has 1 N–H and O–H groups in total. The van der Waals surface area contributed by atoms with Gasteiger partial charge in [-0.25, -0.2) is 0 Å². The molecule has 2 atom stereocenters. The first-order chi connectivity index (χ1) is 10.1. The van der Waals surface area contributed by atoms with Crippen molar-refractivity contribution in [1.29, 1.82) is 0 Å². The molecule has 1 aromatic carbocycles. The smallest absolute Gasteiger partial charge is 0.124 e. The van der Waals surface area contributed by atoms with Gasteiger partial charge in [-0.1, -0.05) is 24.3 Å². The monoisotopic (exact) mass is 282 g/mol. The van der Waals surface area contributed by atoms with Gasteiger partial charge in [0.2, 0.25) is 0 Å². The summed E-state index contributed by atoms with van der Waals surface area (Å²) in [6, 6.07) is 12.9. The second-order valence-electron chi connectivity index (χ2n) is 6.33. The van der Waals surface area contributed by atoms with Gasteiger partial charge in [0.1, 0.15) is 11.4 Å². The molecule has 0 fully saturated rings. The summed E-state index contributed by atoms with van der Waals surface area (Å²) in [6.45, 7) is 6.47.